The molecule has 0 saturated heterocycles. The van der Waals surface area contributed by atoms with Crippen molar-refractivity contribution < 1.29 is 0 Å². The average molecular weight is 456 g/mol. The number of guanidine groups is 1. The van der Waals surface area contributed by atoms with Crippen LogP contribution in [0.1, 0.15) is 60.3 Å². The number of thioether (sulfide) groups is 1. The number of aliphatic imine (C=N–C) groups is 1. The molecule has 1 saturated carbocycles. The summed E-state index contributed by atoms with van der Waals surface area (Å²) in [6.07, 6.45) is 5.24. The van der Waals surface area contributed by atoms with E-state index in [2.05, 4.69) is 62.3 Å². The zero-order chi connectivity index (χ0) is 16.4. The number of nitrogens with one attached hydrogen (secondary N) is 3. The highest BCUT2D eigenvalue weighted by atomic mass is 127. The third-order valence-electron chi connectivity index (χ3n) is 3.75. The second-order valence-corrected chi connectivity index (χ2v) is 8.60. The number of nitrogens with zero attached hydrogens (tertiary/aromatic N) is 1. The van der Waals surface area contributed by atoms with E-state index in [0.717, 1.165) is 30.8 Å². The maximum atomic E-state index is 4.71. The van der Waals surface area contributed by atoms with Crippen LogP contribution in [0.15, 0.2) is 4.99 Å². The molecule has 1 rings (SSSR count). The molecule has 0 radical (unpaired) electrons. The fraction of sp³-hybridized carbons (Fsp3) is 0.941. The van der Waals surface area contributed by atoms with Gasteiger partial charge in [0.2, 0.25) is 0 Å². The van der Waals surface area contributed by atoms with Crippen molar-refractivity contribution in [1.29, 1.82) is 0 Å². The van der Waals surface area contributed by atoms with Gasteiger partial charge < -0.3 is 16.0 Å². The molecule has 4 nitrogen and oxygen atoms in total. The molecule has 1 aliphatic rings. The van der Waals surface area contributed by atoms with Crippen LogP contribution in [0.3, 0.4) is 0 Å². The van der Waals surface area contributed by atoms with Gasteiger partial charge in [-0.15, -0.1) is 24.0 Å². The van der Waals surface area contributed by atoms with Gasteiger partial charge in [-0.25, -0.2) is 0 Å². The van der Waals surface area contributed by atoms with Crippen LogP contribution in [0.25, 0.3) is 0 Å². The highest BCUT2D eigenvalue weighted by molar-refractivity contribution is 14.0. The summed E-state index contributed by atoms with van der Waals surface area (Å²) in [6, 6.07) is 0.575. The first-order valence-electron chi connectivity index (χ1n) is 8.86. The van der Waals surface area contributed by atoms with E-state index in [1.807, 2.05) is 0 Å². The van der Waals surface area contributed by atoms with Crippen molar-refractivity contribution in [3.8, 4) is 0 Å². The Kier molecular flexibility index (Phi) is 12.8. The van der Waals surface area contributed by atoms with Crippen LogP contribution in [0.5, 0.6) is 0 Å². The standard InChI is InChI=1S/C17H36N4S.HI/c1-6-18-16(19-11-12-20-17(3,4)5)21-14-9-8-10-15(13-14)22-7-2;/h14-15,20H,6-13H2,1-5H3,(H2,18,19,21);1H. The number of halogens is 1. The van der Waals surface area contributed by atoms with E-state index in [1.165, 1.54) is 31.4 Å². The Morgan fingerprint density at radius 1 is 1.22 bits per heavy atom. The minimum atomic E-state index is 0. The van der Waals surface area contributed by atoms with Crippen LogP contribution in [-0.2, 0) is 0 Å². The first kappa shape index (κ1) is 23.3. The summed E-state index contributed by atoms with van der Waals surface area (Å²) in [5.41, 5.74) is 0.162. The van der Waals surface area contributed by atoms with Crippen molar-refractivity contribution in [1.82, 2.24) is 16.0 Å². The highest BCUT2D eigenvalue weighted by Gasteiger charge is 2.22. The van der Waals surface area contributed by atoms with E-state index in [0.29, 0.717) is 6.04 Å². The number of hydrogen-bond acceptors (Lipinski definition) is 3. The lowest BCUT2D eigenvalue weighted by molar-refractivity contribution is 0.417. The Balaban J connectivity index is 0.00000484. The fourth-order valence-electron chi connectivity index (χ4n) is 2.78. The molecule has 0 heterocycles. The molecule has 0 aliphatic heterocycles. The van der Waals surface area contributed by atoms with Crippen LogP contribution in [0.4, 0.5) is 0 Å². The molecule has 1 aliphatic carbocycles. The van der Waals surface area contributed by atoms with Crippen molar-refractivity contribution in [3.05, 3.63) is 0 Å². The number of rotatable bonds is 7. The van der Waals surface area contributed by atoms with Crippen LogP contribution < -0.4 is 16.0 Å². The van der Waals surface area contributed by atoms with Gasteiger partial charge in [0.25, 0.3) is 0 Å². The molecule has 0 aromatic carbocycles. The van der Waals surface area contributed by atoms with Crippen LogP contribution in [0.2, 0.25) is 0 Å². The van der Waals surface area contributed by atoms with E-state index in [-0.39, 0.29) is 29.5 Å². The minimum Gasteiger partial charge on any atom is -0.357 e. The zero-order valence-electron chi connectivity index (χ0n) is 15.6. The molecule has 0 aromatic heterocycles. The third-order valence-corrected chi connectivity index (χ3v) is 4.98. The van der Waals surface area contributed by atoms with Crippen molar-refractivity contribution in [2.24, 2.45) is 4.99 Å². The quantitative estimate of drug-likeness (QED) is 0.237. The molecule has 6 heteroatoms. The van der Waals surface area contributed by atoms with Gasteiger partial charge in [0, 0.05) is 29.9 Å². The Morgan fingerprint density at radius 3 is 2.57 bits per heavy atom. The summed E-state index contributed by atoms with van der Waals surface area (Å²) in [5, 5.41) is 11.3. The molecule has 138 valence electrons. The first-order valence-corrected chi connectivity index (χ1v) is 9.91. The second kappa shape index (κ2) is 12.6. The van der Waals surface area contributed by atoms with Gasteiger partial charge in [-0.1, -0.05) is 13.3 Å². The molecule has 0 bridgehead atoms. The topological polar surface area (TPSA) is 48.5 Å². The molecule has 0 spiro atoms. The molecule has 2 atom stereocenters. The summed E-state index contributed by atoms with van der Waals surface area (Å²) < 4.78 is 0. The second-order valence-electron chi connectivity index (χ2n) is 7.02. The van der Waals surface area contributed by atoms with Crippen molar-refractivity contribution in [3.63, 3.8) is 0 Å². The van der Waals surface area contributed by atoms with Gasteiger partial charge in [-0.05, 0) is 52.7 Å². The lowest BCUT2D eigenvalue weighted by atomic mass is 9.95. The van der Waals surface area contributed by atoms with Crippen molar-refractivity contribution in [2.75, 3.05) is 25.4 Å². The van der Waals surface area contributed by atoms with E-state index in [1.54, 1.807) is 0 Å². The van der Waals surface area contributed by atoms with E-state index in [9.17, 15) is 0 Å². The van der Waals surface area contributed by atoms with E-state index >= 15 is 0 Å². The van der Waals surface area contributed by atoms with Crippen molar-refractivity contribution >= 4 is 41.7 Å². The normalized spacial score (nSPS) is 22.4. The summed E-state index contributed by atoms with van der Waals surface area (Å²) in [7, 11) is 0. The predicted molar refractivity (Wildman–Crippen MR) is 116 cm³/mol. The monoisotopic (exact) mass is 456 g/mol. The molecule has 1 fully saturated rings. The molecule has 0 aromatic rings. The highest BCUT2D eigenvalue weighted by Crippen LogP contribution is 2.28. The van der Waals surface area contributed by atoms with E-state index in [4.69, 9.17) is 4.99 Å². The Labute approximate surface area is 164 Å². The average Bonchev–Trinajstić information content (AvgIpc) is 2.43. The molecular weight excluding hydrogens is 419 g/mol. The first-order chi connectivity index (χ1) is 10.4. The van der Waals surface area contributed by atoms with Gasteiger partial charge in [-0.2, -0.15) is 11.8 Å². The Hall–Kier alpha value is 0.310. The lowest BCUT2D eigenvalue weighted by Gasteiger charge is -2.30. The molecule has 3 N–H and O–H groups in total. The number of hydrogen-bond donors (Lipinski definition) is 3. The zero-order valence-corrected chi connectivity index (χ0v) is 18.7. The lowest BCUT2D eigenvalue weighted by Crippen LogP contribution is -2.46. The SMILES string of the molecule is CCNC(=NCCNC(C)(C)C)NC1CCCC(SCC)C1.I. The van der Waals surface area contributed by atoms with Crippen molar-refractivity contribution in [2.45, 2.75) is 77.1 Å². The summed E-state index contributed by atoms with van der Waals surface area (Å²) >= 11 is 2.11. The van der Waals surface area contributed by atoms with Gasteiger partial charge >= 0.3 is 0 Å². The largest absolute Gasteiger partial charge is 0.357 e. The van der Waals surface area contributed by atoms with E-state index < -0.39 is 0 Å². The Bertz CT molecular complexity index is 329. The maximum Gasteiger partial charge on any atom is 0.191 e. The van der Waals surface area contributed by atoms with Gasteiger partial charge in [-0.3, -0.25) is 4.99 Å². The fourth-order valence-corrected chi connectivity index (χ4v) is 3.95. The predicted octanol–water partition coefficient (Wildman–Crippen LogP) is 3.61. The Morgan fingerprint density at radius 2 is 1.96 bits per heavy atom. The summed E-state index contributed by atoms with van der Waals surface area (Å²) in [5.74, 6) is 2.20. The maximum absolute atomic E-state index is 4.71. The van der Waals surface area contributed by atoms with Gasteiger partial charge in [0.05, 0.1) is 6.54 Å². The molecular formula is C17H37IN4S. The van der Waals surface area contributed by atoms with Crippen LogP contribution in [0, 0.1) is 0 Å². The molecule has 0 amide bonds. The molecule has 23 heavy (non-hydrogen) atoms. The summed E-state index contributed by atoms with van der Waals surface area (Å²) in [4.78, 5) is 4.71. The van der Waals surface area contributed by atoms with Crippen LogP contribution in [-0.4, -0.2) is 48.2 Å². The van der Waals surface area contributed by atoms with Crippen LogP contribution >= 0.6 is 35.7 Å². The minimum absolute atomic E-state index is 0. The molecule has 2 unspecified atom stereocenters. The third kappa shape index (κ3) is 11.5. The smallest absolute Gasteiger partial charge is 0.191 e. The van der Waals surface area contributed by atoms with Gasteiger partial charge in [0.15, 0.2) is 5.96 Å². The van der Waals surface area contributed by atoms with Gasteiger partial charge in [0.1, 0.15) is 0 Å². The summed E-state index contributed by atoms with van der Waals surface area (Å²) in [6.45, 7) is 13.6.